The Labute approximate surface area is 259 Å². The van der Waals surface area contributed by atoms with Crippen LogP contribution in [0.5, 0.6) is 0 Å². The molecule has 4 aromatic rings. The zero-order valence-electron chi connectivity index (χ0n) is 25.1. The number of piperazine rings is 1. The maximum Gasteiger partial charge on any atom is 0.255 e. The maximum atomic E-state index is 12.9. The van der Waals surface area contributed by atoms with Gasteiger partial charge in [-0.05, 0) is 72.3 Å². The zero-order chi connectivity index (χ0) is 30.5. The number of rotatable bonds is 10. The first-order chi connectivity index (χ1) is 21.4. The Balaban J connectivity index is 1.00. The quantitative estimate of drug-likeness (QED) is 0.225. The standard InChI is InChI=1S/C34H40N6O3S/c1-2-22-44(42,43)40-20-18-39(19-21-40)24-25-5-15-30(16-6-25)37-34(41)29-13-9-27(10-14-29)26-7-11-28(12-8-26)32-23-36-33(38-32)31-4-3-17-35-31/h5-16,23,31,35H,2-4,17-22,24H2,1H3,(H,36,38)(H,37,41). The van der Waals surface area contributed by atoms with Crippen LogP contribution in [-0.2, 0) is 16.6 Å². The Morgan fingerprint density at radius 1 is 0.909 bits per heavy atom. The van der Waals surface area contributed by atoms with Crippen molar-refractivity contribution in [1.82, 2.24) is 24.5 Å². The van der Waals surface area contributed by atoms with Gasteiger partial charge in [-0.3, -0.25) is 9.69 Å². The number of nitrogens with zero attached hydrogens (tertiary/aromatic N) is 3. The lowest BCUT2D eigenvalue weighted by Gasteiger charge is -2.34. The second-order valence-corrected chi connectivity index (χ2v) is 13.7. The third-order valence-electron chi connectivity index (χ3n) is 8.47. The summed E-state index contributed by atoms with van der Waals surface area (Å²) in [5.41, 5.74) is 6.68. The molecule has 0 bridgehead atoms. The highest BCUT2D eigenvalue weighted by molar-refractivity contribution is 7.89. The number of nitrogens with one attached hydrogen (secondary N) is 3. The van der Waals surface area contributed by atoms with E-state index in [2.05, 4.69) is 49.8 Å². The fourth-order valence-electron chi connectivity index (χ4n) is 5.94. The summed E-state index contributed by atoms with van der Waals surface area (Å²) < 4.78 is 26.2. The van der Waals surface area contributed by atoms with E-state index < -0.39 is 10.0 Å². The SMILES string of the molecule is CCCS(=O)(=O)N1CCN(Cc2ccc(NC(=O)c3ccc(-c4ccc(-c5cnc(C6CCCN6)[nH]5)cc4)cc3)cc2)CC1. The minimum atomic E-state index is -3.14. The third kappa shape index (κ3) is 7.10. The van der Waals surface area contributed by atoms with Crippen molar-refractivity contribution in [1.29, 1.82) is 0 Å². The van der Waals surface area contributed by atoms with Gasteiger partial charge in [0.25, 0.3) is 5.91 Å². The molecule has 1 amide bonds. The number of aromatic nitrogens is 2. The summed E-state index contributed by atoms with van der Waals surface area (Å²) in [6.07, 6.45) is 4.83. The molecular formula is C34H40N6O3S. The van der Waals surface area contributed by atoms with Crippen LogP contribution in [0.15, 0.2) is 79.0 Å². The summed E-state index contributed by atoms with van der Waals surface area (Å²) >= 11 is 0. The molecule has 0 saturated carbocycles. The van der Waals surface area contributed by atoms with E-state index in [4.69, 9.17) is 0 Å². The first-order valence-corrected chi connectivity index (χ1v) is 17.1. The fourth-order valence-corrected chi connectivity index (χ4v) is 7.44. The van der Waals surface area contributed by atoms with E-state index in [1.165, 1.54) is 6.42 Å². The summed E-state index contributed by atoms with van der Waals surface area (Å²) in [4.78, 5) is 23.2. The van der Waals surface area contributed by atoms with Crippen molar-refractivity contribution in [3.05, 3.63) is 95.9 Å². The van der Waals surface area contributed by atoms with E-state index in [9.17, 15) is 13.2 Å². The fraction of sp³-hybridized carbons (Fsp3) is 0.353. The Morgan fingerprint density at radius 3 is 2.20 bits per heavy atom. The van der Waals surface area contributed by atoms with Gasteiger partial charge >= 0.3 is 0 Å². The number of amides is 1. The molecule has 44 heavy (non-hydrogen) atoms. The predicted molar refractivity (Wildman–Crippen MR) is 175 cm³/mol. The number of sulfonamides is 1. The molecule has 3 aromatic carbocycles. The maximum absolute atomic E-state index is 12.9. The Hall–Kier alpha value is -3.83. The lowest BCUT2D eigenvalue weighted by Crippen LogP contribution is -2.48. The molecule has 2 fully saturated rings. The highest BCUT2D eigenvalue weighted by Gasteiger charge is 2.26. The van der Waals surface area contributed by atoms with E-state index >= 15 is 0 Å². The van der Waals surface area contributed by atoms with Gasteiger partial charge in [-0.25, -0.2) is 13.4 Å². The molecule has 0 aliphatic carbocycles. The van der Waals surface area contributed by atoms with Crippen molar-refractivity contribution < 1.29 is 13.2 Å². The molecule has 6 rings (SSSR count). The molecule has 1 unspecified atom stereocenters. The number of aromatic amines is 1. The molecule has 0 spiro atoms. The Morgan fingerprint density at radius 2 is 1.57 bits per heavy atom. The minimum absolute atomic E-state index is 0.157. The van der Waals surface area contributed by atoms with Crippen LogP contribution in [0.3, 0.4) is 0 Å². The zero-order valence-corrected chi connectivity index (χ0v) is 25.9. The minimum Gasteiger partial charge on any atom is -0.341 e. The molecule has 3 heterocycles. The van der Waals surface area contributed by atoms with Crippen LogP contribution in [0, 0.1) is 0 Å². The number of carbonyl (C=O) groups excluding carboxylic acids is 1. The second kappa shape index (κ2) is 13.4. The highest BCUT2D eigenvalue weighted by atomic mass is 32.2. The van der Waals surface area contributed by atoms with Crippen molar-refractivity contribution in [3.63, 3.8) is 0 Å². The Bertz CT molecular complexity index is 1650. The van der Waals surface area contributed by atoms with Gasteiger partial charge in [0.2, 0.25) is 10.0 Å². The summed E-state index contributed by atoms with van der Waals surface area (Å²) in [5.74, 6) is 1.06. The van der Waals surface area contributed by atoms with Gasteiger partial charge in [-0.2, -0.15) is 4.31 Å². The van der Waals surface area contributed by atoms with Crippen LogP contribution in [-0.4, -0.2) is 72.0 Å². The van der Waals surface area contributed by atoms with E-state index in [0.29, 0.717) is 44.2 Å². The number of anilines is 1. The molecule has 1 aromatic heterocycles. The molecule has 0 radical (unpaired) electrons. The molecule has 2 saturated heterocycles. The normalized spacial score (nSPS) is 18.0. The lowest BCUT2D eigenvalue weighted by atomic mass is 10.0. The number of hydrogen-bond acceptors (Lipinski definition) is 6. The third-order valence-corrected chi connectivity index (χ3v) is 10.5. The van der Waals surface area contributed by atoms with Crippen LogP contribution in [0.1, 0.15) is 54.0 Å². The summed E-state index contributed by atoms with van der Waals surface area (Å²) in [6.45, 7) is 6.17. The molecule has 1 atom stereocenters. The summed E-state index contributed by atoms with van der Waals surface area (Å²) in [5, 5.41) is 6.47. The number of benzene rings is 3. The van der Waals surface area contributed by atoms with Crippen molar-refractivity contribution in [2.75, 3.05) is 43.8 Å². The first kappa shape index (κ1) is 30.2. The molecule has 10 heteroatoms. The molecule has 3 N–H and O–H groups in total. The number of carbonyl (C=O) groups is 1. The van der Waals surface area contributed by atoms with Crippen LogP contribution in [0.4, 0.5) is 5.69 Å². The van der Waals surface area contributed by atoms with E-state index in [0.717, 1.165) is 59.0 Å². The average molecular weight is 613 g/mol. The smallest absolute Gasteiger partial charge is 0.255 e. The predicted octanol–water partition coefficient (Wildman–Crippen LogP) is 5.28. The molecule has 230 valence electrons. The first-order valence-electron chi connectivity index (χ1n) is 15.5. The van der Waals surface area contributed by atoms with Crippen LogP contribution < -0.4 is 10.6 Å². The van der Waals surface area contributed by atoms with Gasteiger partial charge in [0.15, 0.2) is 0 Å². The van der Waals surface area contributed by atoms with Gasteiger partial charge in [-0.15, -0.1) is 0 Å². The lowest BCUT2D eigenvalue weighted by molar-refractivity contribution is 0.102. The largest absolute Gasteiger partial charge is 0.341 e. The topological polar surface area (TPSA) is 110 Å². The van der Waals surface area contributed by atoms with Crippen molar-refractivity contribution in [3.8, 4) is 22.4 Å². The van der Waals surface area contributed by atoms with E-state index in [-0.39, 0.29) is 11.7 Å². The van der Waals surface area contributed by atoms with Gasteiger partial charge in [0.05, 0.1) is 23.7 Å². The number of imidazole rings is 1. The number of hydrogen-bond donors (Lipinski definition) is 3. The van der Waals surface area contributed by atoms with E-state index in [1.807, 2.05) is 61.7 Å². The average Bonchev–Trinajstić information content (AvgIpc) is 3.76. The van der Waals surface area contributed by atoms with Gasteiger partial charge in [-0.1, -0.05) is 55.5 Å². The van der Waals surface area contributed by atoms with Crippen molar-refractivity contribution >= 4 is 21.6 Å². The van der Waals surface area contributed by atoms with Gasteiger partial charge in [0, 0.05) is 44.0 Å². The molecular weight excluding hydrogens is 572 g/mol. The van der Waals surface area contributed by atoms with Gasteiger partial charge < -0.3 is 15.6 Å². The van der Waals surface area contributed by atoms with Gasteiger partial charge in [0.1, 0.15) is 5.82 Å². The number of H-pyrrole nitrogens is 1. The highest BCUT2D eigenvalue weighted by Crippen LogP contribution is 2.27. The molecule has 9 nitrogen and oxygen atoms in total. The van der Waals surface area contributed by atoms with Crippen molar-refractivity contribution in [2.24, 2.45) is 0 Å². The second-order valence-electron chi connectivity index (χ2n) is 11.6. The summed E-state index contributed by atoms with van der Waals surface area (Å²) in [7, 11) is -3.14. The van der Waals surface area contributed by atoms with E-state index in [1.54, 1.807) is 4.31 Å². The van der Waals surface area contributed by atoms with Crippen molar-refractivity contribution in [2.45, 2.75) is 38.8 Å². The molecule has 2 aliphatic rings. The van der Waals surface area contributed by atoms with Crippen LogP contribution >= 0.6 is 0 Å². The Kier molecular flexibility index (Phi) is 9.22. The summed E-state index contributed by atoms with van der Waals surface area (Å²) in [6, 6.07) is 24.2. The molecule has 2 aliphatic heterocycles. The monoisotopic (exact) mass is 612 g/mol. The van der Waals surface area contributed by atoms with Crippen LogP contribution in [0.2, 0.25) is 0 Å². The van der Waals surface area contributed by atoms with Crippen LogP contribution in [0.25, 0.3) is 22.4 Å².